The molecule has 0 fully saturated rings. The zero-order valence-electron chi connectivity index (χ0n) is 15.0. The molecular weight excluding hydrogens is 312 g/mol. The van der Waals surface area contributed by atoms with E-state index in [-0.39, 0.29) is 18.4 Å². The quantitative estimate of drug-likeness (QED) is 0.751. The minimum atomic E-state index is -0.130. The van der Waals surface area contributed by atoms with Gasteiger partial charge in [-0.25, -0.2) is 0 Å². The smallest absolute Gasteiger partial charge is 0.240 e. The van der Waals surface area contributed by atoms with E-state index in [9.17, 15) is 9.59 Å². The van der Waals surface area contributed by atoms with Crippen molar-refractivity contribution in [3.8, 4) is 0 Å². The summed E-state index contributed by atoms with van der Waals surface area (Å²) in [6, 6.07) is 17.9. The molecule has 1 N–H and O–H groups in total. The van der Waals surface area contributed by atoms with Crippen LogP contribution in [0.1, 0.15) is 31.4 Å². The van der Waals surface area contributed by atoms with Gasteiger partial charge in [-0.05, 0) is 36.5 Å². The fourth-order valence-corrected chi connectivity index (χ4v) is 2.80. The minimum absolute atomic E-state index is 0.0533. The van der Waals surface area contributed by atoms with Crippen LogP contribution < -0.4 is 10.2 Å². The van der Waals surface area contributed by atoms with Crippen molar-refractivity contribution in [1.82, 2.24) is 5.32 Å². The molecule has 2 amide bonds. The number of hydrogen-bond donors (Lipinski definition) is 1. The van der Waals surface area contributed by atoms with Crippen molar-refractivity contribution in [2.45, 2.75) is 33.1 Å². The molecule has 0 bridgehead atoms. The molecule has 0 aromatic heterocycles. The Kier molecular flexibility index (Phi) is 7.20. The van der Waals surface area contributed by atoms with E-state index in [0.717, 1.165) is 30.5 Å². The number of aryl methyl sites for hydroxylation is 2. The number of amides is 2. The van der Waals surface area contributed by atoms with Gasteiger partial charge in [-0.15, -0.1) is 0 Å². The SMILES string of the molecule is CCc1ccccc1N(CC(=O)NCCCc1ccccc1)C(C)=O. The highest BCUT2D eigenvalue weighted by Crippen LogP contribution is 2.20. The average molecular weight is 338 g/mol. The molecular formula is C21H26N2O2. The van der Waals surface area contributed by atoms with Gasteiger partial charge in [0.1, 0.15) is 6.54 Å². The van der Waals surface area contributed by atoms with Gasteiger partial charge >= 0.3 is 0 Å². The van der Waals surface area contributed by atoms with Crippen LogP contribution in [0.3, 0.4) is 0 Å². The summed E-state index contributed by atoms with van der Waals surface area (Å²) in [4.78, 5) is 25.8. The van der Waals surface area contributed by atoms with Crippen LogP contribution in [0, 0.1) is 0 Å². The molecule has 2 aromatic carbocycles. The van der Waals surface area contributed by atoms with Crippen LogP contribution in [0.4, 0.5) is 5.69 Å². The van der Waals surface area contributed by atoms with E-state index in [4.69, 9.17) is 0 Å². The van der Waals surface area contributed by atoms with Gasteiger partial charge in [-0.3, -0.25) is 9.59 Å². The van der Waals surface area contributed by atoms with E-state index in [0.29, 0.717) is 6.54 Å². The number of carbonyl (C=O) groups is 2. The third-order valence-electron chi connectivity index (χ3n) is 4.15. The Bertz CT molecular complexity index is 698. The molecule has 2 aromatic rings. The summed E-state index contributed by atoms with van der Waals surface area (Å²) in [6.45, 7) is 4.20. The first-order valence-electron chi connectivity index (χ1n) is 8.78. The zero-order chi connectivity index (χ0) is 18.1. The molecule has 2 rings (SSSR count). The Labute approximate surface area is 149 Å². The maximum Gasteiger partial charge on any atom is 0.240 e. The Morgan fingerprint density at radius 1 is 1.00 bits per heavy atom. The van der Waals surface area contributed by atoms with E-state index >= 15 is 0 Å². The molecule has 0 aliphatic rings. The van der Waals surface area contributed by atoms with E-state index in [2.05, 4.69) is 17.4 Å². The van der Waals surface area contributed by atoms with Crippen LogP contribution >= 0.6 is 0 Å². The van der Waals surface area contributed by atoms with Crippen LogP contribution in [0.25, 0.3) is 0 Å². The van der Waals surface area contributed by atoms with Crippen LogP contribution in [-0.2, 0) is 22.4 Å². The van der Waals surface area contributed by atoms with Crippen LogP contribution in [-0.4, -0.2) is 24.9 Å². The van der Waals surface area contributed by atoms with Crippen molar-refractivity contribution in [2.75, 3.05) is 18.0 Å². The molecule has 0 spiro atoms. The second-order valence-electron chi connectivity index (χ2n) is 6.03. The Hall–Kier alpha value is -2.62. The average Bonchev–Trinajstić information content (AvgIpc) is 2.64. The Morgan fingerprint density at radius 2 is 1.68 bits per heavy atom. The van der Waals surface area contributed by atoms with Crippen molar-refractivity contribution in [3.05, 3.63) is 65.7 Å². The number of benzene rings is 2. The summed E-state index contributed by atoms with van der Waals surface area (Å²) >= 11 is 0. The summed E-state index contributed by atoms with van der Waals surface area (Å²) in [5.41, 5.74) is 3.14. The summed E-state index contributed by atoms with van der Waals surface area (Å²) in [7, 11) is 0. The molecule has 0 saturated carbocycles. The predicted molar refractivity (Wildman–Crippen MR) is 102 cm³/mol. The van der Waals surface area contributed by atoms with Gasteiger partial charge < -0.3 is 10.2 Å². The first-order valence-corrected chi connectivity index (χ1v) is 8.78. The van der Waals surface area contributed by atoms with Crippen LogP contribution in [0.5, 0.6) is 0 Å². The van der Waals surface area contributed by atoms with E-state index in [1.807, 2.05) is 49.4 Å². The fraction of sp³-hybridized carbons (Fsp3) is 0.333. The van der Waals surface area contributed by atoms with Crippen molar-refractivity contribution in [1.29, 1.82) is 0 Å². The number of para-hydroxylation sites is 1. The summed E-state index contributed by atoms with van der Waals surface area (Å²) in [5.74, 6) is -0.255. The molecule has 4 heteroatoms. The summed E-state index contributed by atoms with van der Waals surface area (Å²) in [5, 5.41) is 2.91. The lowest BCUT2D eigenvalue weighted by Gasteiger charge is -2.23. The zero-order valence-corrected chi connectivity index (χ0v) is 15.0. The molecule has 0 atom stereocenters. The van der Waals surface area contributed by atoms with Crippen LogP contribution in [0.15, 0.2) is 54.6 Å². The Morgan fingerprint density at radius 3 is 2.36 bits per heavy atom. The van der Waals surface area contributed by atoms with E-state index in [1.165, 1.54) is 12.5 Å². The van der Waals surface area contributed by atoms with Crippen molar-refractivity contribution < 1.29 is 9.59 Å². The second-order valence-corrected chi connectivity index (χ2v) is 6.03. The molecule has 0 aliphatic carbocycles. The third-order valence-corrected chi connectivity index (χ3v) is 4.15. The third kappa shape index (κ3) is 5.75. The minimum Gasteiger partial charge on any atom is -0.355 e. The van der Waals surface area contributed by atoms with Crippen molar-refractivity contribution >= 4 is 17.5 Å². The first kappa shape index (κ1) is 18.7. The number of anilines is 1. The van der Waals surface area contributed by atoms with E-state index < -0.39 is 0 Å². The summed E-state index contributed by atoms with van der Waals surface area (Å²) in [6.07, 6.45) is 2.62. The van der Waals surface area contributed by atoms with Gasteiger partial charge in [-0.2, -0.15) is 0 Å². The first-order chi connectivity index (χ1) is 12.1. The topological polar surface area (TPSA) is 49.4 Å². The standard InChI is InChI=1S/C21H26N2O2/c1-3-19-13-7-8-14-20(19)23(17(2)24)16-21(25)22-15-9-12-18-10-5-4-6-11-18/h4-8,10-11,13-14H,3,9,12,15-16H2,1-2H3,(H,22,25). The number of hydrogen-bond acceptors (Lipinski definition) is 2. The molecule has 0 aliphatic heterocycles. The lowest BCUT2D eigenvalue weighted by atomic mass is 10.1. The fourth-order valence-electron chi connectivity index (χ4n) is 2.80. The number of carbonyl (C=O) groups excluding carboxylic acids is 2. The summed E-state index contributed by atoms with van der Waals surface area (Å²) < 4.78 is 0. The largest absolute Gasteiger partial charge is 0.355 e. The maximum absolute atomic E-state index is 12.2. The molecule has 25 heavy (non-hydrogen) atoms. The van der Waals surface area contributed by atoms with Crippen molar-refractivity contribution in [3.63, 3.8) is 0 Å². The normalized spacial score (nSPS) is 10.3. The highest BCUT2D eigenvalue weighted by Gasteiger charge is 2.17. The molecule has 4 nitrogen and oxygen atoms in total. The van der Waals surface area contributed by atoms with Gasteiger partial charge in [0.25, 0.3) is 0 Å². The monoisotopic (exact) mass is 338 g/mol. The number of nitrogens with one attached hydrogen (secondary N) is 1. The van der Waals surface area contributed by atoms with Gasteiger partial charge in [0.15, 0.2) is 0 Å². The highest BCUT2D eigenvalue weighted by atomic mass is 16.2. The van der Waals surface area contributed by atoms with E-state index in [1.54, 1.807) is 4.90 Å². The highest BCUT2D eigenvalue weighted by molar-refractivity contribution is 5.98. The Balaban J connectivity index is 1.87. The van der Waals surface area contributed by atoms with Gasteiger partial charge in [0.05, 0.1) is 0 Å². The molecule has 0 heterocycles. The predicted octanol–water partition coefficient (Wildman–Crippen LogP) is 3.35. The van der Waals surface area contributed by atoms with Gasteiger partial charge in [0, 0.05) is 19.2 Å². The molecule has 132 valence electrons. The lowest BCUT2D eigenvalue weighted by molar-refractivity contribution is -0.123. The van der Waals surface area contributed by atoms with Crippen LogP contribution in [0.2, 0.25) is 0 Å². The van der Waals surface area contributed by atoms with Crippen molar-refractivity contribution in [2.24, 2.45) is 0 Å². The number of rotatable bonds is 8. The molecule has 0 saturated heterocycles. The molecule has 0 radical (unpaired) electrons. The second kappa shape index (κ2) is 9.62. The maximum atomic E-state index is 12.2. The molecule has 0 unspecified atom stereocenters. The van der Waals surface area contributed by atoms with Gasteiger partial charge in [0.2, 0.25) is 11.8 Å². The lowest BCUT2D eigenvalue weighted by Crippen LogP contribution is -2.40. The van der Waals surface area contributed by atoms with Gasteiger partial charge in [-0.1, -0.05) is 55.5 Å². The number of nitrogens with zero attached hydrogens (tertiary/aromatic N) is 1.